The van der Waals surface area contributed by atoms with Crippen LogP contribution in [0.15, 0.2) is 42.5 Å². The van der Waals surface area contributed by atoms with Gasteiger partial charge in [0.15, 0.2) is 0 Å². The van der Waals surface area contributed by atoms with E-state index in [0.29, 0.717) is 18.4 Å². The van der Waals surface area contributed by atoms with Gasteiger partial charge in [-0.15, -0.1) is 0 Å². The number of alkyl halides is 3. The zero-order chi connectivity index (χ0) is 16.6. The lowest BCUT2D eigenvalue weighted by Crippen LogP contribution is -2.24. The fourth-order valence-corrected chi connectivity index (χ4v) is 3.05. The SMILES string of the molecule is O=C(O)NC1CCc2ccc(-c3ccccc3C(F)(F)F)cc21. The lowest BCUT2D eigenvalue weighted by atomic mass is 9.95. The Morgan fingerprint density at radius 3 is 2.61 bits per heavy atom. The second-order valence-electron chi connectivity index (χ2n) is 5.50. The summed E-state index contributed by atoms with van der Waals surface area (Å²) >= 11 is 0. The van der Waals surface area contributed by atoms with E-state index >= 15 is 0 Å². The van der Waals surface area contributed by atoms with E-state index in [2.05, 4.69) is 5.32 Å². The van der Waals surface area contributed by atoms with Gasteiger partial charge in [0.25, 0.3) is 0 Å². The zero-order valence-electron chi connectivity index (χ0n) is 12.0. The number of carbonyl (C=O) groups is 1. The Morgan fingerprint density at radius 1 is 1.17 bits per heavy atom. The summed E-state index contributed by atoms with van der Waals surface area (Å²) in [6.45, 7) is 0. The van der Waals surface area contributed by atoms with Gasteiger partial charge in [-0.3, -0.25) is 0 Å². The lowest BCUT2D eigenvalue weighted by molar-refractivity contribution is -0.137. The van der Waals surface area contributed by atoms with Crippen molar-refractivity contribution in [3.05, 3.63) is 59.2 Å². The molecule has 1 unspecified atom stereocenters. The number of amides is 1. The Hall–Kier alpha value is -2.50. The van der Waals surface area contributed by atoms with Gasteiger partial charge in [-0.2, -0.15) is 13.2 Å². The highest BCUT2D eigenvalue weighted by molar-refractivity contribution is 5.71. The summed E-state index contributed by atoms with van der Waals surface area (Å²) in [5.41, 5.74) is 1.57. The molecule has 0 aromatic heterocycles. The third-order valence-corrected chi connectivity index (χ3v) is 4.06. The molecular formula is C17H14F3NO2. The minimum absolute atomic E-state index is 0.101. The number of hydrogen-bond acceptors (Lipinski definition) is 1. The molecule has 1 atom stereocenters. The van der Waals surface area contributed by atoms with Gasteiger partial charge in [-0.05, 0) is 47.2 Å². The van der Waals surface area contributed by atoms with Crippen LogP contribution in [0.5, 0.6) is 0 Å². The van der Waals surface area contributed by atoms with E-state index in [1.807, 2.05) is 0 Å². The summed E-state index contributed by atoms with van der Waals surface area (Å²) in [6, 6.07) is 10.1. The summed E-state index contributed by atoms with van der Waals surface area (Å²) in [7, 11) is 0. The summed E-state index contributed by atoms with van der Waals surface area (Å²) in [4.78, 5) is 10.8. The van der Waals surface area contributed by atoms with Crippen molar-refractivity contribution in [1.82, 2.24) is 5.32 Å². The zero-order valence-corrected chi connectivity index (χ0v) is 12.0. The van der Waals surface area contributed by atoms with E-state index in [1.165, 1.54) is 12.1 Å². The number of fused-ring (bicyclic) bond motifs is 1. The molecule has 3 nitrogen and oxygen atoms in total. The number of carboxylic acid groups (broad SMARTS) is 1. The standard InChI is InChI=1S/C17H14F3NO2/c18-17(19,20)14-4-2-1-3-12(14)11-6-5-10-7-8-15(13(10)9-11)21-16(22)23/h1-6,9,15,21H,7-8H2,(H,22,23). The second kappa shape index (κ2) is 5.61. The number of halogens is 3. The Balaban J connectivity index is 2.05. The predicted molar refractivity (Wildman–Crippen MR) is 79.1 cm³/mol. The van der Waals surface area contributed by atoms with Gasteiger partial charge in [0.2, 0.25) is 0 Å². The molecule has 0 fully saturated rings. The first-order valence-electron chi connectivity index (χ1n) is 7.15. The van der Waals surface area contributed by atoms with Gasteiger partial charge in [0, 0.05) is 0 Å². The quantitative estimate of drug-likeness (QED) is 0.847. The number of rotatable bonds is 2. The van der Waals surface area contributed by atoms with Crippen molar-refractivity contribution in [2.75, 3.05) is 0 Å². The highest BCUT2D eigenvalue weighted by Gasteiger charge is 2.33. The first-order chi connectivity index (χ1) is 10.9. The normalized spacial score (nSPS) is 16.9. The van der Waals surface area contributed by atoms with Gasteiger partial charge in [-0.25, -0.2) is 4.79 Å². The maximum atomic E-state index is 13.2. The smallest absolute Gasteiger partial charge is 0.417 e. The first kappa shape index (κ1) is 15.4. The highest BCUT2D eigenvalue weighted by atomic mass is 19.4. The van der Waals surface area contributed by atoms with Crippen LogP contribution in [0.25, 0.3) is 11.1 Å². The van der Waals surface area contributed by atoms with Crippen molar-refractivity contribution >= 4 is 6.09 Å². The number of aryl methyl sites for hydroxylation is 1. The number of nitrogens with one attached hydrogen (secondary N) is 1. The third kappa shape index (κ3) is 3.02. The molecule has 0 radical (unpaired) electrons. The van der Waals surface area contributed by atoms with Crippen LogP contribution in [0.2, 0.25) is 0 Å². The molecule has 3 rings (SSSR count). The average molecular weight is 321 g/mol. The van der Waals surface area contributed by atoms with Crippen molar-refractivity contribution in [3.63, 3.8) is 0 Å². The van der Waals surface area contributed by atoms with Crippen molar-refractivity contribution in [2.24, 2.45) is 0 Å². The molecule has 120 valence electrons. The lowest BCUT2D eigenvalue weighted by Gasteiger charge is -2.16. The van der Waals surface area contributed by atoms with E-state index in [-0.39, 0.29) is 11.6 Å². The summed E-state index contributed by atoms with van der Waals surface area (Å²) < 4.78 is 39.5. The van der Waals surface area contributed by atoms with Crippen LogP contribution in [0, 0.1) is 0 Å². The predicted octanol–water partition coefficient (Wildman–Crippen LogP) is 4.63. The molecule has 0 heterocycles. The summed E-state index contributed by atoms with van der Waals surface area (Å²) in [5.74, 6) is 0. The first-order valence-corrected chi connectivity index (χ1v) is 7.15. The minimum atomic E-state index is -4.44. The molecular weight excluding hydrogens is 307 g/mol. The van der Waals surface area contributed by atoms with E-state index in [1.54, 1.807) is 24.3 Å². The molecule has 2 aromatic rings. The Labute approximate surface area is 130 Å². The van der Waals surface area contributed by atoms with Crippen LogP contribution in [0.3, 0.4) is 0 Å². The fourth-order valence-electron chi connectivity index (χ4n) is 3.05. The van der Waals surface area contributed by atoms with Crippen molar-refractivity contribution in [3.8, 4) is 11.1 Å². The van der Waals surface area contributed by atoms with E-state index in [9.17, 15) is 18.0 Å². The minimum Gasteiger partial charge on any atom is -0.465 e. The van der Waals surface area contributed by atoms with Crippen LogP contribution in [-0.2, 0) is 12.6 Å². The van der Waals surface area contributed by atoms with Gasteiger partial charge in [0.05, 0.1) is 11.6 Å². The van der Waals surface area contributed by atoms with Crippen molar-refractivity contribution in [2.45, 2.75) is 25.1 Å². The van der Waals surface area contributed by atoms with Gasteiger partial charge < -0.3 is 10.4 Å². The van der Waals surface area contributed by atoms with Gasteiger partial charge in [0.1, 0.15) is 0 Å². The van der Waals surface area contributed by atoms with Crippen LogP contribution < -0.4 is 5.32 Å². The van der Waals surface area contributed by atoms with Crippen molar-refractivity contribution < 1.29 is 23.1 Å². The molecule has 1 aliphatic rings. The van der Waals surface area contributed by atoms with E-state index in [0.717, 1.165) is 17.2 Å². The molecule has 1 amide bonds. The van der Waals surface area contributed by atoms with Crippen LogP contribution >= 0.6 is 0 Å². The Kier molecular flexibility index (Phi) is 3.75. The average Bonchev–Trinajstić information content (AvgIpc) is 2.88. The second-order valence-corrected chi connectivity index (χ2v) is 5.50. The molecule has 0 spiro atoms. The fraction of sp³-hybridized carbons (Fsp3) is 0.235. The Morgan fingerprint density at radius 2 is 1.91 bits per heavy atom. The van der Waals surface area contributed by atoms with Crippen LogP contribution in [0.1, 0.15) is 29.2 Å². The molecule has 0 bridgehead atoms. The maximum Gasteiger partial charge on any atom is 0.417 e. The van der Waals surface area contributed by atoms with E-state index < -0.39 is 17.8 Å². The molecule has 2 N–H and O–H groups in total. The van der Waals surface area contributed by atoms with Crippen LogP contribution in [-0.4, -0.2) is 11.2 Å². The third-order valence-electron chi connectivity index (χ3n) is 4.06. The molecule has 2 aromatic carbocycles. The highest BCUT2D eigenvalue weighted by Crippen LogP contribution is 2.39. The molecule has 1 aliphatic carbocycles. The number of benzene rings is 2. The van der Waals surface area contributed by atoms with Gasteiger partial charge in [-0.1, -0.05) is 30.3 Å². The summed E-state index contributed by atoms with van der Waals surface area (Å²) in [6.07, 6.45) is -4.24. The molecule has 0 saturated heterocycles. The van der Waals surface area contributed by atoms with Crippen molar-refractivity contribution in [1.29, 1.82) is 0 Å². The largest absolute Gasteiger partial charge is 0.465 e. The van der Waals surface area contributed by atoms with Crippen LogP contribution in [0.4, 0.5) is 18.0 Å². The number of hydrogen-bond donors (Lipinski definition) is 2. The summed E-state index contributed by atoms with van der Waals surface area (Å²) in [5, 5.41) is 11.3. The Bertz CT molecular complexity index is 756. The topological polar surface area (TPSA) is 49.3 Å². The monoisotopic (exact) mass is 321 g/mol. The van der Waals surface area contributed by atoms with E-state index in [4.69, 9.17) is 5.11 Å². The maximum absolute atomic E-state index is 13.2. The molecule has 6 heteroatoms. The molecule has 0 saturated carbocycles. The molecule has 23 heavy (non-hydrogen) atoms. The molecule has 0 aliphatic heterocycles. The van der Waals surface area contributed by atoms with Gasteiger partial charge >= 0.3 is 12.3 Å².